The first-order chi connectivity index (χ1) is 10.7. The predicted octanol–water partition coefficient (Wildman–Crippen LogP) is 1.63. The molecule has 0 saturated heterocycles. The minimum atomic E-state index is 0.176. The molecule has 0 amide bonds. The van der Waals surface area contributed by atoms with Gasteiger partial charge in [0.25, 0.3) is 0 Å². The Morgan fingerprint density at radius 2 is 2.23 bits per heavy atom. The molecule has 22 heavy (non-hydrogen) atoms. The molecule has 0 saturated carbocycles. The second kappa shape index (κ2) is 4.79. The Labute approximate surface area is 128 Å². The second-order valence-electron chi connectivity index (χ2n) is 5.78. The van der Waals surface area contributed by atoms with Gasteiger partial charge in [-0.1, -0.05) is 6.92 Å². The summed E-state index contributed by atoms with van der Waals surface area (Å²) >= 11 is 0. The van der Waals surface area contributed by atoms with Crippen molar-refractivity contribution in [2.45, 2.75) is 38.6 Å². The Morgan fingerprint density at radius 1 is 1.36 bits per heavy atom. The quantitative estimate of drug-likeness (QED) is 0.776. The van der Waals surface area contributed by atoms with Gasteiger partial charge in [0.2, 0.25) is 0 Å². The molecule has 0 aromatic carbocycles. The van der Waals surface area contributed by atoms with E-state index in [1.807, 2.05) is 22.6 Å². The van der Waals surface area contributed by atoms with Crippen molar-refractivity contribution in [3.05, 3.63) is 29.5 Å². The monoisotopic (exact) mass is 297 g/mol. The summed E-state index contributed by atoms with van der Waals surface area (Å²) < 4.78 is 3.99. The molecular formula is C15H19N7. The number of nitrogen functional groups attached to an aromatic ring is 1. The van der Waals surface area contributed by atoms with Gasteiger partial charge in [0, 0.05) is 18.3 Å². The van der Waals surface area contributed by atoms with Gasteiger partial charge in [-0.15, -0.1) is 0 Å². The van der Waals surface area contributed by atoms with E-state index in [9.17, 15) is 0 Å². The van der Waals surface area contributed by atoms with Crippen LogP contribution in [-0.2, 0) is 19.9 Å². The zero-order valence-electron chi connectivity index (χ0n) is 12.8. The van der Waals surface area contributed by atoms with Crippen LogP contribution < -0.4 is 5.73 Å². The lowest BCUT2D eigenvalue weighted by Gasteiger charge is -2.23. The Balaban J connectivity index is 1.94. The van der Waals surface area contributed by atoms with Crippen molar-refractivity contribution < 1.29 is 0 Å². The Morgan fingerprint density at radius 3 is 3.05 bits per heavy atom. The molecular weight excluding hydrogens is 278 g/mol. The fourth-order valence-corrected chi connectivity index (χ4v) is 3.47. The standard InChI is InChI=1S/C15H19N7/c1-3-10-13-14(16)17-8-18-15(13)22(20-10)12-6-4-5-11-9(12)7-19-21(11)2/h7-8,12H,3-6H2,1-2H3,(H2,16,17,18). The van der Waals surface area contributed by atoms with E-state index in [2.05, 4.69) is 22.0 Å². The van der Waals surface area contributed by atoms with Crippen LogP contribution in [0, 0.1) is 0 Å². The van der Waals surface area contributed by atoms with Crippen LogP contribution in [0.15, 0.2) is 12.5 Å². The maximum absolute atomic E-state index is 6.05. The van der Waals surface area contributed by atoms with E-state index >= 15 is 0 Å². The van der Waals surface area contributed by atoms with E-state index in [-0.39, 0.29) is 6.04 Å². The minimum absolute atomic E-state index is 0.176. The molecule has 0 fully saturated rings. The molecule has 0 bridgehead atoms. The van der Waals surface area contributed by atoms with Crippen LogP contribution >= 0.6 is 0 Å². The molecule has 2 N–H and O–H groups in total. The molecule has 0 radical (unpaired) electrons. The average molecular weight is 297 g/mol. The van der Waals surface area contributed by atoms with Crippen molar-refractivity contribution in [3.63, 3.8) is 0 Å². The smallest absolute Gasteiger partial charge is 0.164 e. The lowest BCUT2D eigenvalue weighted by molar-refractivity contribution is 0.450. The molecule has 1 aliphatic carbocycles. The second-order valence-corrected chi connectivity index (χ2v) is 5.78. The highest BCUT2D eigenvalue weighted by atomic mass is 15.3. The zero-order valence-corrected chi connectivity index (χ0v) is 12.8. The van der Waals surface area contributed by atoms with Gasteiger partial charge in [-0.3, -0.25) is 4.68 Å². The first-order valence-corrected chi connectivity index (χ1v) is 7.69. The van der Waals surface area contributed by atoms with Gasteiger partial charge >= 0.3 is 0 Å². The summed E-state index contributed by atoms with van der Waals surface area (Å²) in [4.78, 5) is 8.57. The maximum Gasteiger partial charge on any atom is 0.164 e. The predicted molar refractivity (Wildman–Crippen MR) is 83.4 cm³/mol. The molecule has 1 aliphatic rings. The molecule has 1 unspecified atom stereocenters. The third kappa shape index (κ3) is 1.74. The lowest BCUT2D eigenvalue weighted by Crippen LogP contribution is -2.19. The van der Waals surface area contributed by atoms with Crippen LogP contribution in [0.2, 0.25) is 0 Å². The molecule has 114 valence electrons. The topological polar surface area (TPSA) is 87.4 Å². The minimum Gasteiger partial charge on any atom is -0.383 e. The van der Waals surface area contributed by atoms with Crippen LogP contribution in [0.4, 0.5) is 5.82 Å². The summed E-state index contributed by atoms with van der Waals surface area (Å²) in [6.45, 7) is 2.08. The summed E-state index contributed by atoms with van der Waals surface area (Å²) in [7, 11) is 2.00. The molecule has 4 rings (SSSR count). The first-order valence-electron chi connectivity index (χ1n) is 7.69. The van der Waals surface area contributed by atoms with Crippen molar-refractivity contribution >= 4 is 16.9 Å². The summed E-state index contributed by atoms with van der Waals surface area (Å²) in [5, 5.41) is 10.1. The van der Waals surface area contributed by atoms with Gasteiger partial charge in [-0.25, -0.2) is 14.6 Å². The van der Waals surface area contributed by atoms with Gasteiger partial charge in [-0.05, 0) is 25.7 Å². The summed E-state index contributed by atoms with van der Waals surface area (Å²) in [6.07, 6.45) is 7.53. The highest BCUT2D eigenvalue weighted by Gasteiger charge is 2.28. The van der Waals surface area contributed by atoms with Crippen molar-refractivity contribution in [2.75, 3.05) is 5.73 Å². The zero-order chi connectivity index (χ0) is 15.3. The van der Waals surface area contributed by atoms with Crippen molar-refractivity contribution in [1.82, 2.24) is 29.5 Å². The molecule has 7 heteroatoms. The molecule has 3 aromatic heterocycles. The van der Waals surface area contributed by atoms with Gasteiger partial charge in [0.1, 0.15) is 12.1 Å². The van der Waals surface area contributed by atoms with Gasteiger partial charge in [0.05, 0.1) is 23.3 Å². The van der Waals surface area contributed by atoms with Crippen LogP contribution in [0.25, 0.3) is 11.0 Å². The van der Waals surface area contributed by atoms with Crippen LogP contribution in [-0.4, -0.2) is 29.5 Å². The number of nitrogens with zero attached hydrogens (tertiary/aromatic N) is 6. The van der Waals surface area contributed by atoms with E-state index in [0.29, 0.717) is 5.82 Å². The Hall–Kier alpha value is -2.44. The highest BCUT2D eigenvalue weighted by molar-refractivity contribution is 5.88. The number of anilines is 1. The van der Waals surface area contributed by atoms with E-state index in [1.165, 1.54) is 17.6 Å². The number of fused-ring (bicyclic) bond motifs is 2. The molecule has 3 aromatic rings. The van der Waals surface area contributed by atoms with Crippen molar-refractivity contribution in [1.29, 1.82) is 0 Å². The Bertz CT molecular complexity index is 845. The molecule has 0 aliphatic heterocycles. The van der Waals surface area contributed by atoms with Gasteiger partial charge < -0.3 is 5.73 Å². The van der Waals surface area contributed by atoms with Gasteiger partial charge in [0.15, 0.2) is 5.65 Å². The summed E-state index contributed by atoms with van der Waals surface area (Å²) in [6, 6.07) is 0.176. The maximum atomic E-state index is 6.05. The van der Waals surface area contributed by atoms with E-state index < -0.39 is 0 Å². The third-order valence-corrected chi connectivity index (χ3v) is 4.56. The summed E-state index contributed by atoms with van der Waals surface area (Å²) in [5.41, 5.74) is 10.4. The van der Waals surface area contributed by atoms with E-state index in [0.717, 1.165) is 42.4 Å². The normalized spacial score (nSPS) is 17.8. The van der Waals surface area contributed by atoms with Crippen molar-refractivity contribution in [2.24, 2.45) is 7.05 Å². The number of aryl methyl sites for hydroxylation is 2. The fourth-order valence-electron chi connectivity index (χ4n) is 3.47. The lowest BCUT2D eigenvalue weighted by atomic mass is 9.93. The Kier molecular flexibility index (Phi) is 2.88. The van der Waals surface area contributed by atoms with Crippen LogP contribution in [0.1, 0.15) is 42.8 Å². The molecule has 0 spiro atoms. The number of nitrogens with two attached hydrogens (primary N) is 1. The fraction of sp³-hybridized carbons (Fsp3) is 0.467. The number of hydrogen-bond acceptors (Lipinski definition) is 5. The molecule has 1 atom stereocenters. The molecule has 3 heterocycles. The number of rotatable bonds is 2. The first kappa shape index (κ1) is 13.2. The van der Waals surface area contributed by atoms with Crippen molar-refractivity contribution in [3.8, 4) is 0 Å². The average Bonchev–Trinajstić information content (AvgIpc) is 3.09. The highest BCUT2D eigenvalue weighted by Crippen LogP contribution is 2.35. The third-order valence-electron chi connectivity index (χ3n) is 4.56. The van der Waals surface area contributed by atoms with Gasteiger partial charge in [-0.2, -0.15) is 10.2 Å². The SMILES string of the molecule is CCc1nn(C2CCCc3c2cnn3C)c2ncnc(N)c12. The summed E-state index contributed by atoms with van der Waals surface area (Å²) in [5.74, 6) is 0.510. The van der Waals surface area contributed by atoms with Crippen LogP contribution in [0.3, 0.4) is 0 Å². The largest absolute Gasteiger partial charge is 0.383 e. The number of aromatic nitrogens is 6. The van der Waals surface area contributed by atoms with Crippen LogP contribution in [0.5, 0.6) is 0 Å². The van der Waals surface area contributed by atoms with E-state index in [1.54, 1.807) is 0 Å². The number of hydrogen-bond donors (Lipinski definition) is 1. The van der Waals surface area contributed by atoms with E-state index in [4.69, 9.17) is 10.8 Å². The molecule has 7 nitrogen and oxygen atoms in total.